The highest BCUT2D eigenvalue weighted by Crippen LogP contribution is 2.21. The summed E-state index contributed by atoms with van der Waals surface area (Å²) in [6, 6.07) is 5.83. The molecule has 1 atom stereocenters. The Morgan fingerprint density at radius 3 is 2.63 bits per heavy atom. The molecule has 1 aromatic carbocycles. The van der Waals surface area contributed by atoms with Crippen LogP contribution in [0, 0.1) is 6.92 Å². The monoisotopic (exact) mass is 281 g/mol. The largest absolute Gasteiger partial charge is 0.378 e. The average molecular weight is 281 g/mol. The third-order valence-electron chi connectivity index (χ3n) is 2.93. The lowest BCUT2D eigenvalue weighted by molar-refractivity contribution is 0.252. The Morgan fingerprint density at radius 1 is 1.42 bits per heavy atom. The number of benzene rings is 1. The van der Waals surface area contributed by atoms with Crippen LogP contribution in [0.2, 0.25) is 0 Å². The van der Waals surface area contributed by atoms with Crippen LogP contribution in [0.3, 0.4) is 0 Å². The van der Waals surface area contributed by atoms with Crippen LogP contribution < -0.4 is 15.5 Å². The van der Waals surface area contributed by atoms with Gasteiger partial charge in [-0.15, -0.1) is 0 Å². The maximum Gasteiger partial charge on any atom is 0.319 e. The van der Waals surface area contributed by atoms with E-state index in [-0.39, 0.29) is 6.03 Å². The molecule has 0 aromatic heterocycles. The Kier molecular flexibility index (Phi) is 6.02. The minimum absolute atomic E-state index is 0.151. The third kappa shape index (κ3) is 5.03. The number of anilines is 2. The van der Waals surface area contributed by atoms with Crippen LogP contribution in [0.1, 0.15) is 12.5 Å². The van der Waals surface area contributed by atoms with E-state index in [2.05, 4.69) is 23.6 Å². The van der Waals surface area contributed by atoms with Crippen LogP contribution in [0.25, 0.3) is 0 Å². The van der Waals surface area contributed by atoms with Crippen LogP contribution in [-0.4, -0.2) is 38.2 Å². The predicted molar refractivity (Wildman–Crippen MR) is 85.5 cm³/mol. The molecule has 0 spiro atoms. The van der Waals surface area contributed by atoms with Crippen molar-refractivity contribution < 1.29 is 4.79 Å². The first-order valence-corrected chi connectivity index (χ1v) is 7.58. The average Bonchev–Trinajstić information content (AvgIpc) is 2.38. The summed E-state index contributed by atoms with van der Waals surface area (Å²) in [6.07, 6.45) is 2.04. The second-order valence-electron chi connectivity index (χ2n) is 4.77. The lowest BCUT2D eigenvalue weighted by Crippen LogP contribution is -2.33. The Hall–Kier alpha value is -1.36. The molecule has 2 amide bonds. The van der Waals surface area contributed by atoms with Crippen LogP contribution in [0.4, 0.5) is 16.2 Å². The Morgan fingerprint density at radius 2 is 2.11 bits per heavy atom. The van der Waals surface area contributed by atoms with E-state index in [1.807, 2.05) is 44.3 Å². The fourth-order valence-corrected chi connectivity index (χ4v) is 1.80. The van der Waals surface area contributed by atoms with Crippen molar-refractivity contribution in [2.45, 2.75) is 19.1 Å². The van der Waals surface area contributed by atoms with E-state index in [0.29, 0.717) is 11.8 Å². The molecule has 0 heterocycles. The summed E-state index contributed by atoms with van der Waals surface area (Å²) in [5, 5.41) is 6.16. The van der Waals surface area contributed by atoms with Crippen LogP contribution in [0.5, 0.6) is 0 Å². The predicted octanol–water partition coefficient (Wildman–Crippen LogP) is 2.93. The van der Waals surface area contributed by atoms with Gasteiger partial charge in [0.25, 0.3) is 0 Å². The third-order valence-corrected chi connectivity index (χ3v) is 3.90. The van der Waals surface area contributed by atoms with E-state index in [4.69, 9.17) is 0 Å². The maximum absolute atomic E-state index is 11.8. The van der Waals surface area contributed by atoms with Crippen molar-refractivity contribution in [2.75, 3.05) is 37.1 Å². The van der Waals surface area contributed by atoms with Crippen molar-refractivity contribution in [3.63, 3.8) is 0 Å². The van der Waals surface area contributed by atoms with Gasteiger partial charge in [0, 0.05) is 37.3 Å². The summed E-state index contributed by atoms with van der Waals surface area (Å²) in [4.78, 5) is 13.8. The number of thioether (sulfide) groups is 1. The zero-order valence-corrected chi connectivity index (χ0v) is 13.1. The number of hydrogen-bond donors (Lipinski definition) is 2. The van der Waals surface area contributed by atoms with E-state index in [0.717, 1.165) is 16.9 Å². The van der Waals surface area contributed by atoms with Crippen molar-refractivity contribution in [2.24, 2.45) is 0 Å². The SMILES string of the molecule is CS[C@H](C)CNC(=O)Nc1ccc(N(C)C)cc1C. The number of nitrogens with one attached hydrogen (secondary N) is 2. The molecule has 0 saturated heterocycles. The van der Waals surface area contributed by atoms with Crippen molar-refractivity contribution >= 4 is 29.2 Å². The fraction of sp³-hybridized carbons (Fsp3) is 0.500. The number of aryl methyl sites for hydroxylation is 1. The molecule has 106 valence electrons. The smallest absolute Gasteiger partial charge is 0.319 e. The lowest BCUT2D eigenvalue weighted by atomic mass is 10.1. The lowest BCUT2D eigenvalue weighted by Gasteiger charge is -2.16. The first kappa shape index (κ1) is 15.7. The molecule has 0 fully saturated rings. The number of rotatable bonds is 5. The van der Waals surface area contributed by atoms with Crippen molar-refractivity contribution in [3.05, 3.63) is 23.8 Å². The van der Waals surface area contributed by atoms with Gasteiger partial charge in [-0.3, -0.25) is 0 Å². The van der Waals surface area contributed by atoms with Gasteiger partial charge in [0.05, 0.1) is 0 Å². The fourth-order valence-electron chi connectivity index (χ4n) is 1.55. The molecule has 2 N–H and O–H groups in total. The summed E-state index contributed by atoms with van der Waals surface area (Å²) >= 11 is 1.73. The molecular weight excluding hydrogens is 258 g/mol. The summed E-state index contributed by atoms with van der Waals surface area (Å²) in [5.74, 6) is 0. The number of hydrogen-bond acceptors (Lipinski definition) is 3. The Labute approximate surface area is 119 Å². The maximum atomic E-state index is 11.8. The zero-order valence-electron chi connectivity index (χ0n) is 12.3. The van der Waals surface area contributed by atoms with Gasteiger partial charge in [0.2, 0.25) is 0 Å². The molecule has 0 bridgehead atoms. The van der Waals surface area contributed by atoms with Gasteiger partial charge in [-0.1, -0.05) is 6.92 Å². The summed E-state index contributed by atoms with van der Waals surface area (Å²) in [7, 11) is 4.00. The van der Waals surface area contributed by atoms with Gasteiger partial charge in [0.1, 0.15) is 0 Å². The molecule has 19 heavy (non-hydrogen) atoms. The van der Waals surface area contributed by atoms with Crippen LogP contribution >= 0.6 is 11.8 Å². The second kappa shape index (κ2) is 7.28. The van der Waals surface area contributed by atoms with Crippen LogP contribution in [-0.2, 0) is 0 Å². The molecule has 4 nitrogen and oxygen atoms in total. The summed E-state index contributed by atoms with van der Waals surface area (Å²) in [5.41, 5.74) is 3.03. The van der Waals surface area contributed by atoms with E-state index in [1.54, 1.807) is 11.8 Å². The molecule has 0 aliphatic rings. The first-order chi connectivity index (χ1) is 8.93. The van der Waals surface area contributed by atoms with Gasteiger partial charge in [-0.05, 0) is 36.9 Å². The van der Waals surface area contributed by atoms with Crippen LogP contribution in [0.15, 0.2) is 18.2 Å². The van der Waals surface area contributed by atoms with Gasteiger partial charge >= 0.3 is 6.03 Å². The number of nitrogens with zero attached hydrogens (tertiary/aromatic N) is 1. The Balaban J connectivity index is 2.60. The Bertz CT molecular complexity index is 435. The van der Waals surface area contributed by atoms with Crippen molar-refractivity contribution in [3.8, 4) is 0 Å². The molecular formula is C14H23N3OS. The molecule has 0 aliphatic carbocycles. The molecule has 1 rings (SSSR count). The second-order valence-corrected chi connectivity index (χ2v) is 6.05. The molecule has 0 saturated carbocycles. The highest BCUT2D eigenvalue weighted by atomic mass is 32.2. The number of carbonyl (C=O) groups is 1. The molecule has 1 aromatic rings. The highest BCUT2D eigenvalue weighted by molar-refractivity contribution is 7.99. The standard InChI is InChI=1S/C14H23N3OS/c1-10-8-12(17(3)4)6-7-13(10)16-14(18)15-9-11(2)19-5/h6-8,11H,9H2,1-5H3,(H2,15,16,18)/t11-/m1/s1. The van der Waals surface area contributed by atoms with Crippen molar-refractivity contribution in [1.29, 1.82) is 0 Å². The van der Waals surface area contributed by atoms with E-state index < -0.39 is 0 Å². The zero-order chi connectivity index (χ0) is 14.4. The minimum atomic E-state index is -0.151. The number of amides is 2. The molecule has 0 unspecified atom stereocenters. The van der Waals surface area contributed by atoms with Gasteiger partial charge in [-0.2, -0.15) is 11.8 Å². The van der Waals surface area contributed by atoms with Gasteiger partial charge in [0.15, 0.2) is 0 Å². The van der Waals surface area contributed by atoms with Gasteiger partial charge in [-0.25, -0.2) is 4.79 Å². The number of carbonyl (C=O) groups excluding carboxylic acids is 1. The normalized spacial score (nSPS) is 11.8. The molecule has 0 aliphatic heterocycles. The summed E-state index contributed by atoms with van der Waals surface area (Å²) in [6.45, 7) is 4.75. The molecule has 5 heteroatoms. The van der Waals surface area contributed by atoms with E-state index in [1.165, 1.54) is 0 Å². The quantitative estimate of drug-likeness (QED) is 0.872. The first-order valence-electron chi connectivity index (χ1n) is 6.29. The van der Waals surface area contributed by atoms with E-state index >= 15 is 0 Å². The number of urea groups is 1. The van der Waals surface area contributed by atoms with Gasteiger partial charge < -0.3 is 15.5 Å². The van der Waals surface area contributed by atoms with E-state index in [9.17, 15) is 4.79 Å². The van der Waals surface area contributed by atoms with Crippen molar-refractivity contribution in [1.82, 2.24) is 5.32 Å². The topological polar surface area (TPSA) is 44.4 Å². The molecule has 0 radical (unpaired) electrons. The minimum Gasteiger partial charge on any atom is -0.378 e. The highest BCUT2D eigenvalue weighted by Gasteiger charge is 2.07. The summed E-state index contributed by atoms with van der Waals surface area (Å²) < 4.78 is 0.